The molecule has 1 rings (SSSR count). The molecule has 3 nitrogen and oxygen atoms in total. The Morgan fingerprint density at radius 3 is 2.43 bits per heavy atom. The summed E-state index contributed by atoms with van der Waals surface area (Å²) in [4.78, 5) is 4.39. The Hall–Kier alpha value is -0.480. The average Bonchev–Trinajstić information content (AvgIpc) is 2.46. The topological polar surface area (TPSA) is 51.8 Å². The fraction of sp³-hybridized carbons (Fsp3) is 0.800. The zero-order chi connectivity index (χ0) is 10.8. The smallest absolute Gasteiger partial charge is 0.139 e. The molecular weight excluding hydrogens is 194 g/mol. The minimum Gasteiger partial charge on any atom is -0.330 e. The number of hydrogen-bond acceptors (Lipinski definition) is 4. The maximum atomic E-state index is 5.76. The molecule has 0 saturated heterocycles. The van der Waals surface area contributed by atoms with E-state index in [1.165, 1.54) is 11.5 Å². The second-order valence-corrected chi connectivity index (χ2v) is 5.66. The fourth-order valence-electron chi connectivity index (χ4n) is 1.49. The third kappa shape index (κ3) is 3.35. The summed E-state index contributed by atoms with van der Waals surface area (Å²) in [5, 5.41) is 1.08. The monoisotopic (exact) mass is 213 g/mol. The number of aryl methyl sites for hydroxylation is 1. The van der Waals surface area contributed by atoms with Crippen molar-refractivity contribution in [2.24, 2.45) is 11.1 Å². The van der Waals surface area contributed by atoms with Gasteiger partial charge in [0.1, 0.15) is 10.8 Å². The van der Waals surface area contributed by atoms with Crippen molar-refractivity contribution in [1.29, 1.82) is 0 Å². The predicted octanol–water partition coefficient (Wildman–Crippen LogP) is 2.33. The van der Waals surface area contributed by atoms with E-state index in [1.54, 1.807) is 0 Å². The summed E-state index contributed by atoms with van der Waals surface area (Å²) in [6.45, 7) is 9.26. The van der Waals surface area contributed by atoms with Crippen molar-refractivity contribution < 1.29 is 0 Å². The maximum absolute atomic E-state index is 5.76. The highest BCUT2D eigenvalue weighted by Crippen LogP contribution is 2.30. The summed E-state index contributed by atoms with van der Waals surface area (Å²) in [5.74, 6) is 1.22. The van der Waals surface area contributed by atoms with Gasteiger partial charge in [-0.25, -0.2) is 4.98 Å². The first-order valence-electron chi connectivity index (χ1n) is 4.92. The van der Waals surface area contributed by atoms with Crippen molar-refractivity contribution >= 4 is 11.5 Å². The van der Waals surface area contributed by atoms with Crippen LogP contribution in [0.4, 0.5) is 0 Å². The van der Waals surface area contributed by atoms with Crippen LogP contribution in [0.25, 0.3) is 0 Å². The molecule has 0 aliphatic carbocycles. The lowest BCUT2D eigenvalue weighted by Crippen LogP contribution is -2.19. The van der Waals surface area contributed by atoms with Gasteiger partial charge < -0.3 is 5.73 Å². The Morgan fingerprint density at radius 2 is 2.07 bits per heavy atom. The maximum Gasteiger partial charge on any atom is 0.139 e. The molecule has 4 heteroatoms. The zero-order valence-corrected chi connectivity index (χ0v) is 10.2. The lowest BCUT2D eigenvalue weighted by atomic mass is 9.85. The molecule has 0 spiro atoms. The molecule has 0 aliphatic heterocycles. The number of rotatable bonds is 3. The molecule has 1 aromatic rings. The van der Waals surface area contributed by atoms with E-state index in [2.05, 4.69) is 30.1 Å². The van der Waals surface area contributed by atoms with Crippen molar-refractivity contribution in [1.82, 2.24) is 9.36 Å². The van der Waals surface area contributed by atoms with Gasteiger partial charge in [0.25, 0.3) is 0 Å². The van der Waals surface area contributed by atoms with Gasteiger partial charge in [-0.15, -0.1) is 0 Å². The number of nitrogens with zero attached hydrogens (tertiary/aromatic N) is 2. The largest absolute Gasteiger partial charge is 0.330 e. The van der Waals surface area contributed by atoms with Gasteiger partial charge in [-0.2, -0.15) is 4.37 Å². The van der Waals surface area contributed by atoms with E-state index in [9.17, 15) is 0 Å². The van der Waals surface area contributed by atoms with Crippen molar-refractivity contribution in [3.8, 4) is 0 Å². The Kier molecular flexibility index (Phi) is 3.61. The van der Waals surface area contributed by atoms with Gasteiger partial charge >= 0.3 is 0 Å². The lowest BCUT2D eigenvalue weighted by molar-refractivity contribution is 0.341. The first-order valence-corrected chi connectivity index (χ1v) is 5.70. The normalized spacial score (nSPS) is 14.4. The Balaban J connectivity index is 2.72. The zero-order valence-electron chi connectivity index (χ0n) is 9.37. The highest BCUT2D eigenvalue weighted by Gasteiger charge is 2.21. The minimum atomic E-state index is 0.295. The quantitative estimate of drug-likeness (QED) is 0.838. The van der Waals surface area contributed by atoms with Gasteiger partial charge in [-0.05, 0) is 30.3 Å². The van der Waals surface area contributed by atoms with Crippen LogP contribution in [0.1, 0.15) is 43.9 Å². The SMILES string of the molecule is Cc1nsc(C(CN)CC(C)(C)C)n1. The molecule has 1 aromatic heterocycles. The van der Waals surface area contributed by atoms with Crippen LogP contribution in [0.5, 0.6) is 0 Å². The van der Waals surface area contributed by atoms with Gasteiger partial charge in [0.05, 0.1) is 0 Å². The number of nitrogens with two attached hydrogens (primary N) is 1. The van der Waals surface area contributed by atoms with Crippen LogP contribution in [0.2, 0.25) is 0 Å². The molecule has 0 aromatic carbocycles. The van der Waals surface area contributed by atoms with Gasteiger partial charge in [0, 0.05) is 12.5 Å². The summed E-state index contributed by atoms with van der Waals surface area (Å²) in [5.41, 5.74) is 6.06. The van der Waals surface area contributed by atoms with E-state index in [0.29, 0.717) is 17.9 Å². The first-order chi connectivity index (χ1) is 6.42. The standard InChI is InChI=1S/C10H19N3S/c1-7-12-9(14-13-7)8(6-11)5-10(2,3)4/h8H,5-6,11H2,1-4H3. The first kappa shape index (κ1) is 11.6. The summed E-state index contributed by atoms with van der Waals surface area (Å²) in [6, 6.07) is 0. The predicted molar refractivity (Wildman–Crippen MR) is 60.5 cm³/mol. The third-order valence-corrected chi connectivity index (χ3v) is 3.00. The van der Waals surface area contributed by atoms with Crippen LogP contribution in [-0.4, -0.2) is 15.9 Å². The molecule has 0 amide bonds. The fourth-order valence-corrected chi connectivity index (χ4v) is 2.26. The summed E-state index contributed by atoms with van der Waals surface area (Å²) < 4.78 is 4.19. The van der Waals surface area contributed by atoms with Gasteiger partial charge in [-0.3, -0.25) is 0 Å². The Morgan fingerprint density at radius 1 is 1.43 bits per heavy atom. The molecule has 0 radical (unpaired) electrons. The van der Waals surface area contributed by atoms with E-state index in [0.717, 1.165) is 17.3 Å². The molecule has 0 bridgehead atoms. The molecule has 1 heterocycles. The second-order valence-electron chi connectivity index (χ2n) is 4.88. The second kappa shape index (κ2) is 4.36. The highest BCUT2D eigenvalue weighted by atomic mass is 32.1. The van der Waals surface area contributed by atoms with E-state index >= 15 is 0 Å². The number of aromatic nitrogens is 2. The molecule has 1 unspecified atom stereocenters. The van der Waals surface area contributed by atoms with E-state index < -0.39 is 0 Å². The van der Waals surface area contributed by atoms with Crippen LogP contribution >= 0.6 is 11.5 Å². The van der Waals surface area contributed by atoms with Crippen molar-refractivity contribution in [3.63, 3.8) is 0 Å². The van der Waals surface area contributed by atoms with Crippen molar-refractivity contribution in [2.45, 2.75) is 40.0 Å². The Labute approximate surface area is 89.9 Å². The van der Waals surface area contributed by atoms with Gasteiger partial charge in [0.2, 0.25) is 0 Å². The van der Waals surface area contributed by atoms with Crippen LogP contribution in [-0.2, 0) is 0 Å². The van der Waals surface area contributed by atoms with Gasteiger partial charge in [0.15, 0.2) is 0 Å². The summed E-state index contributed by atoms with van der Waals surface area (Å²) in [6.07, 6.45) is 1.07. The minimum absolute atomic E-state index is 0.295. The summed E-state index contributed by atoms with van der Waals surface area (Å²) in [7, 11) is 0. The molecule has 1 atom stereocenters. The molecule has 0 saturated carbocycles. The molecule has 0 aliphatic rings. The van der Waals surface area contributed by atoms with E-state index in [-0.39, 0.29) is 0 Å². The van der Waals surface area contributed by atoms with E-state index in [4.69, 9.17) is 5.73 Å². The number of hydrogen-bond donors (Lipinski definition) is 1. The average molecular weight is 213 g/mol. The molecule has 2 N–H and O–H groups in total. The van der Waals surface area contributed by atoms with Crippen molar-refractivity contribution in [3.05, 3.63) is 10.8 Å². The molecule has 80 valence electrons. The molecule has 0 fully saturated rings. The van der Waals surface area contributed by atoms with Crippen molar-refractivity contribution in [2.75, 3.05) is 6.54 Å². The van der Waals surface area contributed by atoms with Crippen LogP contribution in [0.3, 0.4) is 0 Å². The highest BCUT2D eigenvalue weighted by molar-refractivity contribution is 7.05. The lowest BCUT2D eigenvalue weighted by Gasteiger charge is -2.23. The summed E-state index contributed by atoms with van der Waals surface area (Å²) >= 11 is 1.48. The van der Waals surface area contributed by atoms with Gasteiger partial charge in [-0.1, -0.05) is 20.8 Å². The van der Waals surface area contributed by atoms with E-state index in [1.807, 2.05) is 6.92 Å². The third-order valence-electron chi connectivity index (χ3n) is 2.04. The van der Waals surface area contributed by atoms with Crippen LogP contribution in [0.15, 0.2) is 0 Å². The van der Waals surface area contributed by atoms with Crippen LogP contribution in [0, 0.1) is 12.3 Å². The van der Waals surface area contributed by atoms with Crippen LogP contribution < -0.4 is 5.73 Å². The molecular formula is C10H19N3S. The Bertz CT molecular complexity index is 288. The molecule has 14 heavy (non-hydrogen) atoms.